The van der Waals surface area contributed by atoms with Gasteiger partial charge in [0.25, 0.3) is 0 Å². The lowest BCUT2D eigenvalue weighted by Gasteiger charge is -2.37. The van der Waals surface area contributed by atoms with E-state index in [1.165, 1.54) is 0 Å². The molecule has 1 saturated heterocycles. The highest BCUT2D eigenvalue weighted by molar-refractivity contribution is 5.89. The van der Waals surface area contributed by atoms with Crippen LogP contribution in [0.25, 0.3) is 0 Å². The molecular formula is C16H24ClN3O2. The summed E-state index contributed by atoms with van der Waals surface area (Å²) in [6, 6.07) is 8.86. The van der Waals surface area contributed by atoms with Crippen molar-refractivity contribution in [2.45, 2.75) is 32.4 Å². The first kappa shape index (κ1) is 18.5. The molecule has 1 aliphatic rings. The standard InChI is InChI=1S/C16H23N3O2.ClH/c1-3-13-15(20)18-9-10-19(13)16(21)11(2)14(17)12-7-5-4-6-8-12;/h4-8,11,13-14H,3,9-10,17H2,1-2H3,(H,18,20);1H. The van der Waals surface area contributed by atoms with Gasteiger partial charge in [-0.3, -0.25) is 9.59 Å². The van der Waals surface area contributed by atoms with Gasteiger partial charge in [-0.05, 0) is 12.0 Å². The Hall–Kier alpha value is -1.59. The molecular weight excluding hydrogens is 302 g/mol. The van der Waals surface area contributed by atoms with E-state index < -0.39 is 0 Å². The van der Waals surface area contributed by atoms with Crippen molar-refractivity contribution in [2.75, 3.05) is 13.1 Å². The first-order valence-corrected chi connectivity index (χ1v) is 7.45. The van der Waals surface area contributed by atoms with E-state index in [0.717, 1.165) is 5.56 Å². The number of benzene rings is 1. The lowest BCUT2D eigenvalue weighted by molar-refractivity contribution is -0.146. The zero-order valence-corrected chi connectivity index (χ0v) is 13.8. The van der Waals surface area contributed by atoms with Crippen LogP contribution >= 0.6 is 12.4 Å². The zero-order chi connectivity index (χ0) is 15.4. The van der Waals surface area contributed by atoms with Gasteiger partial charge in [-0.25, -0.2) is 0 Å². The second-order valence-corrected chi connectivity index (χ2v) is 5.47. The molecule has 0 bridgehead atoms. The molecule has 1 aliphatic heterocycles. The van der Waals surface area contributed by atoms with Crippen molar-refractivity contribution < 1.29 is 9.59 Å². The van der Waals surface area contributed by atoms with Gasteiger partial charge in [-0.15, -0.1) is 12.4 Å². The summed E-state index contributed by atoms with van der Waals surface area (Å²) in [5.41, 5.74) is 7.16. The van der Waals surface area contributed by atoms with Crippen LogP contribution in [0.5, 0.6) is 0 Å². The predicted octanol–water partition coefficient (Wildman–Crippen LogP) is 1.48. The molecule has 2 amide bonds. The number of hydrogen-bond donors (Lipinski definition) is 2. The fourth-order valence-electron chi connectivity index (χ4n) is 2.76. The molecule has 5 nitrogen and oxygen atoms in total. The number of nitrogens with one attached hydrogen (secondary N) is 1. The average molecular weight is 326 g/mol. The predicted molar refractivity (Wildman–Crippen MR) is 88.6 cm³/mol. The number of carbonyl (C=O) groups is 2. The normalized spacial score (nSPS) is 20.6. The second-order valence-electron chi connectivity index (χ2n) is 5.47. The Morgan fingerprint density at radius 1 is 1.41 bits per heavy atom. The molecule has 6 heteroatoms. The number of nitrogens with zero attached hydrogens (tertiary/aromatic N) is 1. The molecule has 22 heavy (non-hydrogen) atoms. The summed E-state index contributed by atoms with van der Waals surface area (Å²) in [6.45, 7) is 4.81. The average Bonchev–Trinajstić information content (AvgIpc) is 2.53. The molecule has 0 radical (unpaired) electrons. The van der Waals surface area contributed by atoms with Gasteiger partial charge in [0.1, 0.15) is 6.04 Å². The van der Waals surface area contributed by atoms with E-state index in [-0.39, 0.29) is 42.2 Å². The number of carbonyl (C=O) groups excluding carboxylic acids is 2. The minimum atomic E-state index is -0.378. The van der Waals surface area contributed by atoms with Crippen LogP contribution in [-0.2, 0) is 9.59 Å². The lowest BCUT2D eigenvalue weighted by Crippen LogP contribution is -2.58. The number of hydrogen-bond acceptors (Lipinski definition) is 3. The lowest BCUT2D eigenvalue weighted by atomic mass is 9.93. The highest BCUT2D eigenvalue weighted by Gasteiger charge is 2.35. The van der Waals surface area contributed by atoms with Crippen LogP contribution in [0.1, 0.15) is 31.9 Å². The van der Waals surface area contributed by atoms with Gasteiger partial charge in [-0.2, -0.15) is 0 Å². The fourth-order valence-corrected chi connectivity index (χ4v) is 2.76. The first-order valence-electron chi connectivity index (χ1n) is 7.45. The van der Waals surface area contributed by atoms with Gasteiger partial charge in [0.15, 0.2) is 0 Å². The summed E-state index contributed by atoms with van der Waals surface area (Å²) in [6.07, 6.45) is 0.616. The maximum Gasteiger partial charge on any atom is 0.242 e. The van der Waals surface area contributed by atoms with Crippen LogP contribution in [0.3, 0.4) is 0 Å². The maximum absolute atomic E-state index is 12.7. The second kappa shape index (κ2) is 8.15. The van der Waals surface area contributed by atoms with Crippen molar-refractivity contribution in [1.82, 2.24) is 10.2 Å². The molecule has 1 aromatic carbocycles. The highest BCUT2D eigenvalue weighted by atomic mass is 35.5. The summed E-state index contributed by atoms with van der Waals surface area (Å²) in [4.78, 5) is 26.2. The van der Waals surface area contributed by atoms with Crippen molar-refractivity contribution in [1.29, 1.82) is 0 Å². The molecule has 0 spiro atoms. The first-order chi connectivity index (χ1) is 10.1. The maximum atomic E-state index is 12.7. The molecule has 3 atom stereocenters. The van der Waals surface area contributed by atoms with E-state index in [0.29, 0.717) is 19.5 Å². The molecule has 2 rings (SSSR count). The molecule has 1 heterocycles. The number of amides is 2. The number of piperazine rings is 1. The van der Waals surface area contributed by atoms with Crippen LogP contribution in [-0.4, -0.2) is 35.8 Å². The largest absolute Gasteiger partial charge is 0.353 e. The zero-order valence-electron chi connectivity index (χ0n) is 13.0. The SMILES string of the molecule is CCC1C(=O)NCCN1C(=O)C(C)C(N)c1ccccc1.Cl. The third-order valence-corrected chi connectivity index (χ3v) is 4.11. The Balaban J connectivity index is 0.00000242. The Labute approximate surface area is 137 Å². The topological polar surface area (TPSA) is 75.4 Å². The minimum Gasteiger partial charge on any atom is -0.353 e. The Morgan fingerprint density at radius 3 is 2.64 bits per heavy atom. The third kappa shape index (κ3) is 3.78. The summed E-state index contributed by atoms with van der Waals surface area (Å²) < 4.78 is 0. The van der Waals surface area contributed by atoms with Crippen LogP contribution in [0, 0.1) is 5.92 Å². The van der Waals surface area contributed by atoms with Gasteiger partial charge in [0, 0.05) is 19.1 Å². The minimum absolute atomic E-state index is 0. The Bertz CT molecular complexity index is 509. The highest BCUT2D eigenvalue weighted by Crippen LogP contribution is 2.23. The quantitative estimate of drug-likeness (QED) is 0.880. The van der Waals surface area contributed by atoms with Crippen LogP contribution in [0.4, 0.5) is 0 Å². The van der Waals surface area contributed by atoms with Gasteiger partial charge >= 0.3 is 0 Å². The van der Waals surface area contributed by atoms with E-state index in [9.17, 15) is 9.59 Å². The van der Waals surface area contributed by atoms with E-state index in [1.54, 1.807) is 4.90 Å². The molecule has 0 aliphatic carbocycles. The molecule has 1 aromatic rings. The van der Waals surface area contributed by atoms with Crippen molar-refractivity contribution in [3.8, 4) is 0 Å². The Morgan fingerprint density at radius 2 is 2.05 bits per heavy atom. The van der Waals surface area contributed by atoms with Crippen molar-refractivity contribution in [3.63, 3.8) is 0 Å². The van der Waals surface area contributed by atoms with E-state index >= 15 is 0 Å². The van der Waals surface area contributed by atoms with Crippen molar-refractivity contribution in [3.05, 3.63) is 35.9 Å². The van der Waals surface area contributed by atoms with Crippen LogP contribution < -0.4 is 11.1 Å². The Kier molecular flexibility index (Phi) is 6.84. The molecule has 122 valence electrons. The van der Waals surface area contributed by atoms with E-state index in [1.807, 2.05) is 44.2 Å². The monoisotopic (exact) mass is 325 g/mol. The van der Waals surface area contributed by atoms with Crippen LogP contribution in [0.2, 0.25) is 0 Å². The molecule has 0 saturated carbocycles. The van der Waals surface area contributed by atoms with E-state index in [4.69, 9.17) is 5.73 Å². The summed E-state index contributed by atoms with van der Waals surface area (Å²) in [5.74, 6) is -0.474. The molecule has 0 aromatic heterocycles. The summed E-state index contributed by atoms with van der Waals surface area (Å²) in [7, 11) is 0. The summed E-state index contributed by atoms with van der Waals surface area (Å²) in [5, 5.41) is 2.80. The summed E-state index contributed by atoms with van der Waals surface area (Å²) >= 11 is 0. The van der Waals surface area contributed by atoms with Crippen LogP contribution in [0.15, 0.2) is 30.3 Å². The van der Waals surface area contributed by atoms with Gasteiger partial charge < -0.3 is 16.0 Å². The van der Waals surface area contributed by atoms with Crippen molar-refractivity contribution >= 4 is 24.2 Å². The number of nitrogens with two attached hydrogens (primary N) is 1. The van der Waals surface area contributed by atoms with Gasteiger partial charge in [0.05, 0.1) is 5.92 Å². The number of halogens is 1. The van der Waals surface area contributed by atoms with Gasteiger partial charge in [-0.1, -0.05) is 44.2 Å². The molecule has 3 unspecified atom stereocenters. The number of rotatable bonds is 4. The van der Waals surface area contributed by atoms with E-state index in [2.05, 4.69) is 5.32 Å². The fraction of sp³-hybridized carbons (Fsp3) is 0.500. The smallest absolute Gasteiger partial charge is 0.242 e. The van der Waals surface area contributed by atoms with Crippen molar-refractivity contribution in [2.24, 2.45) is 11.7 Å². The molecule has 1 fully saturated rings. The molecule has 3 N–H and O–H groups in total. The van der Waals surface area contributed by atoms with Gasteiger partial charge in [0.2, 0.25) is 11.8 Å². The third-order valence-electron chi connectivity index (χ3n) is 4.11.